The standard InChI is InChI=1S/C11H13Cl2FN2O2S.ClH/c1-7-6-15-2-3-16(7)19(17,18)11-9(12)4-8(14)5-10(11)13;/h4-5,7,15H,2-3,6H2,1H3;1H/t7-;/m1./s1. The zero-order valence-corrected chi connectivity index (χ0v) is 13.7. The smallest absolute Gasteiger partial charge is 0.246 e. The van der Waals surface area contributed by atoms with Gasteiger partial charge < -0.3 is 5.32 Å². The Balaban J connectivity index is 0.00000200. The van der Waals surface area contributed by atoms with Crippen molar-refractivity contribution >= 4 is 45.6 Å². The number of nitrogens with one attached hydrogen (secondary N) is 1. The average molecular weight is 364 g/mol. The Kier molecular flexibility index (Phi) is 6.07. The van der Waals surface area contributed by atoms with Crippen LogP contribution in [0.2, 0.25) is 10.0 Å². The molecule has 0 bridgehead atoms. The molecule has 1 heterocycles. The Bertz CT molecular complexity index is 574. The Labute approximate surface area is 133 Å². The molecule has 1 aliphatic rings. The first kappa shape index (κ1) is 17.9. The van der Waals surface area contributed by atoms with E-state index in [4.69, 9.17) is 23.2 Å². The number of benzene rings is 1. The van der Waals surface area contributed by atoms with E-state index in [1.165, 1.54) is 4.31 Å². The van der Waals surface area contributed by atoms with Gasteiger partial charge in [-0.15, -0.1) is 12.4 Å². The van der Waals surface area contributed by atoms with Gasteiger partial charge in [0.15, 0.2) is 0 Å². The molecule has 9 heteroatoms. The Morgan fingerprint density at radius 2 is 1.90 bits per heavy atom. The molecule has 0 radical (unpaired) electrons. The van der Waals surface area contributed by atoms with Crippen molar-refractivity contribution in [3.63, 3.8) is 0 Å². The minimum absolute atomic E-state index is 0. The molecule has 2 rings (SSSR count). The summed E-state index contributed by atoms with van der Waals surface area (Å²) in [5.74, 6) is -0.665. The molecule has 1 N–H and O–H groups in total. The molecular weight excluding hydrogens is 350 g/mol. The number of piperazine rings is 1. The van der Waals surface area contributed by atoms with Crippen LogP contribution in [0, 0.1) is 5.82 Å². The van der Waals surface area contributed by atoms with Crippen LogP contribution in [-0.4, -0.2) is 38.4 Å². The third-order valence-electron chi connectivity index (χ3n) is 2.97. The van der Waals surface area contributed by atoms with E-state index in [0.717, 1.165) is 12.1 Å². The van der Waals surface area contributed by atoms with Gasteiger partial charge in [0.05, 0.1) is 10.0 Å². The molecule has 0 unspecified atom stereocenters. The number of rotatable bonds is 2. The number of halogens is 4. The molecule has 1 saturated heterocycles. The second-order valence-corrected chi connectivity index (χ2v) is 7.01. The van der Waals surface area contributed by atoms with Gasteiger partial charge in [-0.25, -0.2) is 12.8 Å². The number of nitrogens with zero attached hydrogens (tertiary/aromatic N) is 1. The van der Waals surface area contributed by atoms with Gasteiger partial charge in [-0.3, -0.25) is 0 Å². The lowest BCUT2D eigenvalue weighted by Crippen LogP contribution is -2.52. The van der Waals surface area contributed by atoms with Crippen molar-refractivity contribution in [2.24, 2.45) is 0 Å². The van der Waals surface area contributed by atoms with Gasteiger partial charge in [0, 0.05) is 25.7 Å². The first-order valence-corrected chi connectivity index (χ1v) is 7.90. The topological polar surface area (TPSA) is 49.4 Å². The van der Waals surface area contributed by atoms with E-state index in [1.807, 2.05) is 0 Å². The molecule has 1 atom stereocenters. The summed E-state index contributed by atoms with van der Waals surface area (Å²) in [5.41, 5.74) is 0. The second-order valence-electron chi connectivity index (χ2n) is 4.37. The van der Waals surface area contributed by atoms with Gasteiger partial charge in [0.2, 0.25) is 10.0 Å². The fraction of sp³-hybridized carbons (Fsp3) is 0.455. The highest BCUT2D eigenvalue weighted by Gasteiger charge is 2.34. The molecule has 1 aliphatic heterocycles. The minimum atomic E-state index is -3.83. The van der Waals surface area contributed by atoms with E-state index in [2.05, 4.69) is 5.32 Å². The van der Waals surface area contributed by atoms with Crippen molar-refractivity contribution in [3.8, 4) is 0 Å². The van der Waals surface area contributed by atoms with Crippen molar-refractivity contribution in [3.05, 3.63) is 28.0 Å². The molecule has 0 amide bonds. The van der Waals surface area contributed by atoms with Crippen molar-refractivity contribution in [2.45, 2.75) is 17.9 Å². The van der Waals surface area contributed by atoms with Crippen LogP contribution in [0.5, 0.6) is 0 Å². The van der Waals surface area contributed by atoms with Crippen LogP contribution in [0.15, 0.2) is 17.0 Å². The van der Waals surface area contributed by atoms with Crippen LogP contribution in [-0.2, 0) is 10.0 Å². The predicted octanol–water partition coefficient (Wildman–Crippen LogP) is 2.54. The Hall–Kier alpha value is -0.110. The highest BCUT2D eigenvalue weighted by atomic mass is 35.5. The lowest BCUT2D eigenvalue weighted by molar-refractivity contribution is 0.284. The SMILES string of the molecule is C[C@@H]1CNCCN1S(=O)(=O)c1c(Cl)cc(F)cc1Cl.Cl. The summed E-state index contributed by atoms with van der Waals surface area (Å²) in [5, 5.41) is 2.70. The molecule has 1 aromatic carbocycles. The van der Waals surface area contributed by atoms with Crippen LogP contribution in [0.4, 0.5) is 4.39 Å². The molecule has 0 aromatic heterocycles. The largest absolute Gasteiger partial charge is 0.314 e. The zero-order valence-electron chi connectivity index (χ0n) is 10.6. The molecule has 114 valence electrons. The third kappa shape index (κ3) is 3.37. The van der Waals surface area contributed by atoms with Gasteiger partial charge in [-0.2, -0.15) is 4.31 Å². The van der Waals surface area contributed by atoms with E-state index in [0.29, 0.717) is 19.6 Å². The zero-order chi connectivity index (χ0) is 14.2. The van der Waals surface area contributed by atoms with E-state index >= 15 is 0 Å². The molecule has 0 saturated carbocycles. The second kappa shape index (κ2) is 6.77. The highest BCUT2D eigenvalue weighted by molar-refractivity contribution is 7.89. The first-order chi connectivity index (χ1) is 8.84. The molecule has 20 heavy (non-hydrogen) atoms. The van der Waals surface area contributed by atoms with E-state index in [1.54, 1.807) is 6.92 Å². The van der Waals surface area contributed by atoms with E-state index < -0.39 is 15.8 Å². The fourth-order valence-electron chi connectivity index (χ4n) is 2.07. The summed E-state index contributed by atoms with van der Waals surface area (Å²) in [6.07, 6.45) is 0. The molecule has 4 nitrogen and oxygen atoms in total. The summed E-state index contributed by atoms with van der Waals surface area (Å²) in [6.45, 7) is 3.22. The van der Waals surface area contributed by atoms with Crippen LogP contribution in [0.3, 0.4) is 0 Å². The van der Waals surface area contributed by atoms with E-state index in [9.17, 15) is 12.8 Å². The Morgan fingerprint density at radius 1 is 1.35 bits per heavy atom. The van der Waals surface area contributed by atoms with Crippen LogP contribution >= 0.6 is 35.6 Å². The summed E-state index contributed by atoms with van der Waals surface area (Å²) in [7, 11) is -3.83. The lowest BCUT2D eigenvalue weighted by atomic mass is 10.3. The van der Waals surface area contributed by atoms with Crippen molar-refractivity contribution in [1.29, 1.82) is 0 Å². The monoisotopic (exact) mass is 362 g/mol. The van der Waals surface area contributed by atoms with Gasteiger partial charge >= 0.3 is 0 Å². The lowest BCUT2D eigenvalue weighted by Gasteiger charge is -2.33. The first-order valence-electron chi connectivity index (χ1n) is 5.71. The summed E-state index contributed by atoms with van der Waals surface area (Å²) in [4.78, 5) is -0.231. The maximum absolute atomic E-state index is 13.1. The number of hydrogen-bond donors (Lipinski definition) is 1. The van der Waals surface area contributed by atoms with Crippen LogP contribution in [0.25, 0.3) is 0 Å². The highest BCUT2D eigenvalue weighted by Crippen LogP contribution is 2.33. The average Bonchev–Trinajstić information content (AvgIpc) is 2.27. The summed E-state index contributed by atoms with van der Waals surface area (Å²) in [6, 6.07) is 1.69. The van der Waals surface area contributed by atoms with Crippen LogP contribution < -0.4 is 5.32 Å². The maximum atomic E-state index is 13.1. The third-order valence-corrected chi connectivity index (χ3v) is 5.91. The maximum Gasteiger partial charge on any atom is 0.246 e. The number of sulfonamides is 1. The quantitative estimate of drug-likeness (QED) is 0.878. The van der Waals surface area contributed by atoms with Gasteiger partial charge in [-0.1, -0.05) is 23.2 Å². The number of hydrogen-bond acceptors (Lipinski definition) is 3. The normalized spacial score (nSPS) is 20.5. The predicted molar refractivity (Wildman–Crippen MR) is 79.9 cm³/mol. The molecular formula is C11H14Cl3FN2O2S. The van der Waals surface area contributed by atoms with Crippen molar-refractivity contribution in [1.82, 2.24) is 9.62 Å². The molecule has 1 aromatic rings. The fourth-order valence-corrected chi connectivity index (χ4v) is 4.84. The minimum Gasteiger partial charge on any atom is -0.314 e. The van der Waals surface area contributed by atoms with E-state index in [-0.39, 0.29) is 33.4 Å². The van der Waals surface area contributed by atoms with Gasteiger partial charge in [0.1, 0.15) is 10.7 Å². The van der Waals surface area contributed by atoms with Gasteiger partial charge in [-0.05, 0) is 19.1 Å². The Morgan fingerprint density at radius 3 is 2.40 bits per heavy atom. The van der Waals surface area contributed by atoms with Crippen molar-refractivity contribution < 1.29 is 12.8 Å². The van der Waals surface area contributed by atoms with Crippen LogP contribution in [0.1, 0.15) is 6.92 Å². The molecule has 1 fully saturated rings. The summed E-state index contributed by atoms with van der Waals surface area (Å²) < 4.78 is 39.6. The molecule has 0 aliphatic carbocycles. The molecule has 0 spiro atoms. The van der Waals surface area contributed by atoms with Crippen molar-refractivity contribution in [2.75, 3.05) is 19.6 Å². The summed E-state index contributed by atoms with van der Waals surface area (Å²) >= 11 is 11.7. The van der Waals surface area contributed by atoms with Gasteiger partial charge in [0.25, 0.3) is 0 Å².